The summed E-state index contributed by atoms with van der Waals surface area (Å²) in [6, 6.07) is 6.88. The predicted octanol–water partition coefficient (Wildman–Crippen LogP) is 1.99. The van der Waals surface area contributed by atoms with Crippen LogP contribution >= 0.6 is 0 Å². The third-order valence-electron chi connectivity index (χ3n) is 2.57. The summed E-state index contributed by atoms with van der Waals surface area (Å²) >= 11 is 0. The molecule has 2 rings (SSSR count). The lowest BCUT2D eigenvalue weighted by molar-refractivity contribution is 0.0657. The van der Waals surface area contributed by atoms with Gasteiger partial charge in [0.1, 0.15) is 17.1 Å². The maximum atomic E-state index is 10.7. The van der Waals surface area contributed by atoms with E-state index in [0.717, 1.165) is 0 Å². The number of hydrogen-bond acceptors (Lipinski definition) is 5. The van der Waals surface area contributed by atoms with Crippen molar-refractivity contribution < 1.29 is 29.3 Å². The van der Waals surface area contributed by atoms with Gasteiger partial charge in [-0.2, -0.15) is 0 Å². The zero-order valence-electron chi connectivity index (χ0n) is 10.2. The fourth-order valence-electron chi connectivity index (χ4n) is 1.60. The van der Waals surface area contributed by atoms with Gasteiger partial charge < -0.3 is 25.1 Å². The zero-order chi connectivity index (χ0) is 14.7. The molecular weight excluding hydrogens is 266 g/mol. The second-order valence-corrected chi connectivity index (χ2v) is 3.96. The van der Waals surface area contributed by atoms with Gasteiger partial charge in [-0.1, -0.05) is 0 Å². The Morgan fingerprint density at radius 2 is 1.85 bits per heavy atom. The molecule has 7 nitrogen and oxygen atoms in total. The number of carboxylic acid groups (broad SMARTS) is 2. The number of nitrogens with one attached hydrogen (secondary N) is 1. The minimum atomic E-state index is -1.22. The molecule has 0 fully saturated rings. The molecule has 0 amide bonds. The molecule has 4 N–H and O–H groups in total. The topological polar surface area (TPSA) is 120 Å². The first-order valence-electron chi connectivity index (χ1n) is 5.59. The maximum Gasteiger partial charge on any atom is 0.371 e. The average Bonchev–Trinajstić information content (AvgIpc) is 2.85. The first-order valence-corrected chi connectivity index (χ1v) is 5.59. The summed E-state index contributed by atoms with van der Waals surface area (Å²) in [6.07, 6.45) is 0. The summed E-state index contributed by atoms with van der Waals surface area (Å²) in [7, 11) is 0. The zero-order valence-corrected chi connectivity index (χ0v) is 10.2. The summed E-state index contributed by atoms with van der Waals surface area (Å²) in [4.78, 5) is 21.4. The number of aromatic hydroxyl groups is 1. The van der Waals surface area contributed by atoms with Crippen LogP contribution in [-0.4, -0.2) is 27.3 Å². The van der Waals surface area contributed by atoms with Crippen LogP contribution in [-0.2, 0) is 6.54 Å². The minimum Gasteiger partial charge on any atom is -0.507 e. The molecule has 0 saturated heterocycles. The van der Waals surface area contributed by atoms with Crippen LogP contribution in [0.25, 0.3) is 0 Å². The summed E-state index contributed by atoms with van der Waals surface area (Å²) < 4.78 is 5.04. The highest BCUT2D eigenvalue weighted by atomic mass is 16.4. The Bertz CT molecular complexity index is 661. The molecule has 1 aromatic heterocycles. The van der Waals surface area contributed by atoms with Crippen LogP contribution in [0.15, 0.2) is 34.7 Å². The highest BCUT2D eigenvalue weighted by molar-refractivity contribution is 5.91. The number of benzene rings is 1. The van der Waals surface area contributed by atoms with Gasteiger partial charge >= 0.3 is 11.9 Å². The molecule has 0 atom stereocenters. The van der Waals surface area contributed by atoms with Gasteiger partial charge in [0.25, 0.3) is 0 Å². The number of phenols is 1. The van der Waals surface area contributed by atoms with E-state index in [1.54, 1.807) is 0 Å². The predicted molar refractivity (Wildman–Crippen MR) is 68.1 cm³/mol. The van der Waals surface area contributed by atoms with Crippen molar-refractivity contribution in [1.82, 2.24) is 0 Å². The van der Waals surface area contributed by atoms with E-state index in [2.05, 4.69) is 5.32 Å². The van der Waals surface area contributed by atoms with E-state index in [-0.39, 0.29) is 23.6 Å². The van der Waals surface area contributed by atoms with E-state index >= 15 is 0 Å². The summed E-state index contributed by atoms with van der Waals surface area (Å²) in [6.45, 7) is 0.207. The van der Waals surface area contributed by atoms with Crippen molar-refractivity contribution in [2.75, 3.05) is 5.32 Å². The molecule has 0 aliphatic carbocycles. The Kier molecular flexibility index (Phi) is 3.60. The first kappa shape index (κ1) is 13.5. The fourth-order valence-corrected chi connectivity index (χ4v) is 1.60. The first-order chi connectivity index (χ1) is 9.47. The van der Waals surface area contributed by atoms with Gasteiger partial charge in [-0.05, 0) is 24.3 Å². The fraction of sp³-hybridized carbons (Fsp3) is 0.0769. The number of anilines is 1. The standard InChI is InChI=1S/C13H11NO6/c15-10-5-7(1-3-9(10)12(16)17)14-6-8-2-4-11(20-8)13(18)19/h1-5,14-15H,6H2,(H,16,17)(H,18,19). The van der Waals surface area contributed by atoms with Gasteiger partial charge in [0.05, 0.1) is 6.54 Å². The highest BCUT2D eigenvalue weighted by Gasteiger charge is 2.11. The van der Waals surface area contributed by atoms with E-state index in [1.807, 2.05) is 0 Å². The van der Waals surface area contributed by atoms with Gasteiger partial charge in [0.15, 0.2) is 0 Å². The van der Waals surface area contributed by atoms with E-state index in [9.17, 15) is 14.7 Å². The second-order valence-electron chi connectivity index (χ2n) is 3.96. The Morgan fingerprint density at radius 3 is 2.40 bits per heavy atom. The number of furan rings is 1. The third-order valence-corrected chi connectivity index (χ3v) is 2.57. The van der Waals surface area contributed by atoms with E-state index in [1.165, 1.54) is 30.3 Å². The number of aromatic carboxylic acids is 2. The lowest BCUT2D eigenvalue weighted by atomic mass is 10.2. The smallest absolute Gasteiger partial charge is 0.371 e. The lowest BCUT2D eigenvalue weighted by Gasteiger charge is -2.06. The maximum absolute atomic E-state index is 10.7. The Hall–Kier alpha value is -2.96. The Balaban J connectivity index is 2.05. The highest BCUT2D eigenvalue weighted by Crippen LogP contribution is 2.22. The normalized spacial score (nSPS) is 10.2. The third kappa shape index (κ3) is 2.89. The summed E-state index contributed by atoms with van der Waals surface area (Å²) in [5, 5.41) is 29.9. The number of carboxylic acids is 2. The number of hydrogen-bond donors (Lipinski definition) is 4. The van der Waals surface area contributed by atoms with Crippen molar-refractivity contribution in [3.05, 3.63) is 47.4 Å². The van der Waals surface area contributed by atoms with Crippen LogP contribution < -0.4 is 5.32 Å². The lowest BCUT2D eigenvalue weighted by Crippen LogP contribution is -2.01. The van der Waals surface area contributed by atoms with Gasteiger partial charge in [0.2, 0.25) is 5.76 Å². The molecule has 0 spiro atoms. The van der Waals surface area contributed by atoms with Crippen molar-refractivity contribution in [1.29, 1.82) is 0 Å². The monoisotopic (exact) mass is 277 g/mol. The summed E-state index contributed by atoms with van der Waals surface area (Å²) in [5.74, 6) is -2.48. The van der Waals surface area contributed by atoms with Crippen LogP contribution in [0.1, 0.15) is 26.7 Å². The van der Waals surface area contributed by atoms with Gasteiger partial charge in [-0.15, -0.1) is 0 Å². The molecule has 0 radical (unpaired) electrons. The van der Waals surface area contributed by atoms with Crippen LogP contribution in [0, 0.1) is 0 Å². The molecule has 0 unspecified atom stereocenters. The second kappa shape index (κ2) is 5.35. The average molecular weight is 277 g/mol. The molecule has 104 valence electrons. The molecule has 1 heterocycles. The minimum absolute atomic E-state index is 0.161. The molecule has 7 heteroatoms. The van der Waals surface area contributed by atoms with Crippen LogP contribution in [0.2, 0.25) is 0 Å². The molecule has 0 aliphatic heterocycles. The van der Waals surface area contributed by atoms with Crippen LogP contribution in [0.5, 0.6) is 5.75 Å². The number of carbonyl (C=O) groups is 2. The van der Waals surface area contributed by atoms with E-state index < -0.39 is 11.9 Å². The largest absolute Gasteiger partial charge is 0.507 e. The quantitative estimate of drug-likeness (QED) is 0.659. The Morgan fingerprint density at radius 1 is 1.10 bits per heavy atom. The molecule has 0 saturated carbocycles. The SMILES string of the molecule is O=C(O)c1ccc(CNc2ccc(C(=O)O)c(O)c2)o1. The summed E-state index contributed by atoms with van der Waals surface area (Å²) in [5.41, 5.74) is 0.294. The van der Waals surface area contributed by atoms with Gasteiger partial charge in [0, 0.05) is 11.8 Å². The van der Waals surface area contributed by atoms with Crippen LogP contribution in [0.3, 0.4) is 0 Å². The van der Waals surface area contributed by atoms with Gasteiger partial charge in [-0.25, -0.2) is 9.59 Å². The van der Waals surface area contributed by atoms with E-state index in [0.29, 0.717) is 11.4 Å². The van der Waals surface area contributed by atoms with Crippen molar-refractivity contribution in [3.8, 4) is 5.75 Å². The molecule has 1 aromatic carbocycles. The van der Waals surface area contributed by atoms with Crippen molar-refractivity contribution in [2.24, 2.45) is 0 Å². The molecule has 0 bridgehead atoms. The molecular formula is C13H11NO6. The molecule has 0 aliphatic rings. The van der Waals surface area contributed by atoms with Crippen molar-refractivity contribution >= 4 is 17.6 Å². The van der Waals surface area contributed by atoms with E-state index in [4.69, 9.17) is 14.6 Å². The van der Waals surface area contributed by atoms with Gasteiger partial charge in [-0.3, -0.25) is 0 Å². The number of rotatable bonds is 5. The molecule has 2 aromatic rings. The molecule has 20 heavy (non-hydrogen) atoms. The van der Waals surface area contributed by atoms with Crippen molar-refractivity contribution in [2.45, 2.75) is 6.54 Å². The van der Waals surface area contributed by atoms with Crippen LogP contribution in [0.4, 0.5) is 5.69 Å². The van der Waals surface area contributed by atoms with Crippen molar-refractivity contribution in [3.63, 3.8) is 0 Å². The Labute approximate surface area is 113 Å².